The number of benzene rings is 6. The Bertz CT molecular complexity index is 2930. The van der Waals surface area contributed by atoms with E-state index in [2.05, 4.69) is 122 Å². The number of rotatable bonds is 10. The molecule has 4 amide bonds. The third-order valence-corrected chi connectivity index (χ3v) is 13.7. The van der Waals surface area contributed by atoms with Crippen LogP contribution in [0.2, 0.25) is 0 Å². The average molecular weight is 1220 g/mol. The predicted octanol–water partition coefficient (Wildman–Crippen LogP) is 12.2. The molecule has 1 N–H and O–H groups in total. The van der Waals surface area contributed by atoms with Crippen molar-refractivity contribution < 1.29 is 122 Å². The number of carbonyl (C=O) groups is 5. The quantitative estimate of drug-likeness (QED) is 0.107. The maximum atomic E-state index is 12.1. The Labute approximate surface area is 517 Å². The van der Waals surface area contributed by atoms with E-state index >= 15 is 0 Å². The summed E-state index contributed by atoms with van der Waals surface area (Å²) >= 11 is 0. The topological polar surface area (TPSA) is 143 Å². The van der Waals surface area contributed by atoms with Gasteiger partial charge in [-0.05, 0) is 147 Å². The molecular formula is C61H73N5O5Y3-6. The molecule has 3 radical (unpaired) electrons. The van der Waals surface area contributed by atoms with Gasteiger partial charge in [-0.2, -0.15) is 0 Å². The van der Waals surface area contributed by atoms with Crippen LogP contribution in [0.3, 0.4) is 0 Å². The van der Waals surface area contributed by atoms with Crippen molar-refractivity contribution in [3.05, 3.63) is 178 Å². The average Bonchev–Trinajstić information content (AvgIpc) is 4.03. The van der Waals surface area contributed by atoms with Crippen molar-refractivity contribution in [1.82, 2.24) is 10.2 Å². The van der Waals surface area contributed by atoms with Crippen molar-refractivity contribution in [3.8, 4) is 0 Å². The third-order valence-electron chi connectivity index (χ3n) is 13.7. The second-order valence-electron chi connectivity index (χ2n) is 18.8. The molecule has 0 aromatic heterocycles. The molecule has 387 valence electrons. The fourth-order valence-electron chi connectivity index (χ4n) is 10.0. The summed E-state index contributed by atoms with van der Waals surface area (Å²) in [6, 6.07) is 31.4. The zero-order valence-electron chi connectivity index (χ0n) is 45.5. The van der Waals surface area contributed by atoms with Crippen LogP contribution in [-0.2, 0) is 169 Å². The van der Waals surface area contributed by atoms with Crippen molar-refractivity contribution in [1.29, 1.82) is 0 Å². The number of nitrogens with zero attached hydrogens (tertiary/aromatic N) is 4. The number of aldehydes is 1. The zero-order valence-corrected chi connectivity index (χ0v) is 54.0. The molecule has 13 heteroatoms. The van der Waals surface area contributed by atoms with E-state index in [4.69, 9.17) is 0 Å². The molecule has 3 atom stereocenters. The van der Waals surface area contributed by atoms with E-state index in [-0.39, 0.29) is 122 Å². The van der Waals surface area contributed by atoms with Crippen LogP contribution in [0.25, 0.3) is 48.3 Å². The predicted molar refractivity (Wildman–Crippen MR) is 293 cm³/mol. The first-order valence-corrected chi connectivity index (χ1v) is 25.0. The van der Waals surface area contributed by atoms with Gasteiger partial charge in [0.2, 0.25) is 5.91 Å². The molecule has 9 rings (SSSR count). The Morgan fingerprint density at radius 2 is 0.851 bits per heavy atom. The summed E-state index contributed by atoms with van der Waals surface area (Å²) in [5, 5.41) is 21.6. The third kappa shape index (κ3) is 15.8. The van der Waals surface area contributed by atoms with E-state index in [9.17, 15) is 24.0 Å². The number of nitrogens with one attached hydrogen (secondary N) is 1. The molecule has 3 aliphatic rings. The molecule has 3 unspecified atom stereocenters. The van der Waals surface area contributed by atoms with Gasteiger partial charge in [0, 0.05) is 148 Å². The molecule has 0 spiro atoms. The van der Waals surface area contributed by atoms with Crippen LogP contribution in [0.1, 0.15) is 103 Å². The Morgan fingerprint density at radius 3 is 1.18 bits per heavy atom. The maximum Gasteiger partial charge on any atom is 0.219 e. The normalized spacial score (nSPS) is 18.1. The van der Waals surface area contributed by atoms with Crippen LogP contribution in [-0.4, -0.2) is 69.0 Å². The van der Waals surface area contributed by atoms with E-state index in [1.165, 1.54) is 52.7 Å². The minimum atomic E-state index is -0.665. The van der Waals surface area contributed by atoms with E-state index in [0.29, 0.717) is 57.2 Å². The molecule has 6 aromatic carbocycles. The van der Waals surface area contributed by atoms with Crippen molar-refractivity contribution in [2.24, 2.45) is 16.2 Å². The number of hydrogen-bond acceptors (Lipinski definition) is 6. The molecule has 0 fully saturated rings. The van der Waals surface area contributed by atoms with Gasteiger partial charge in [-0.3, -0.25) is 9.59 Å². The molecule has 10 nitrogen and oxygen atoms in total. The number of hydrogen-bond donors (Lipinski definition) is 1. The fourth-order valence-corrected chi connectivity index (χ4v) is 10.0. The van der Waals surface area contributed by atoms with E-state index < -0.39 is 16.2 Å². The smallest absolute Gasteiger partial charge is 0.219 e. The molecule has 0 saturated carbocycles. The summed E-state index contributed by atoms with van der Waals surface area (Å²) < 4.78 is 0. The summed E-state index contributed by atoms with van der Waals surface area (Å²) in [6.45, 7) is 29.2. The van der Waals surface area contributed by atoms with Crippen LogP contribution in [0.15, 0.2) is 91.0 Å². The van der Waals surface area contributed by atoms with Crippen molar-refractivity contribution >= 4 is 62.2 Å². The largest absolute Gasteiger partial charge is 0.658 e. The number of amides is 4. The van der Waals surface area contributed by atoms with Gasteiger partial charge in [0.15, 0.2) is 0 Å². The van der Waals surface area contributed by atoms with Gasteiger partial charge in [-0.15, -0.1) is 37.4 Å². The first kappa shape index (κ1) is 67.0. The van der Waals surface area contributed by atoms with Crippen molar-refractivity contribution in [2.75, 3.05) is 34.2 Å². The first-order valence-electron chi connectivity index (χ1n) is 25.0. The minimum absolute atomic E-state index is 0. The number of carbonyl (C=O) groups excluding carboxylic acids is 5. The van der Waals surface area contributed by atoms with Crippen LogP contribution in [0.4, 0.5) is 0 Å². The Morgan fingerprint density at radius 1 is 0.527 bits per heavy atom. The Balaban J connectivity index is 0.000000362. The summed E-state index contributed by atoms with van der Waals surface area (Å²) in [5.74, 6) is -0.291. The second-order valence-corrected chi connectivity index (χ2v) is 18.8. The van der Waals surface area contributed by atoms with Gasteiger partial charge in [0.1, 0.15) is 6.29 Å². The van der Waals surface area contributed by atoms with Crippen LogP contribution >= 0.6 is 0 Å². The molecule has 0 aliphatic heterocycles. The Hall–Kier alpha value is -3.08. The van der Waals surface area contributed by atoms with Gasteiger partial charge in [-0.25, -0.2) is 0 Å². The van der Waals surface area contributed by atoms with Crippen molar-refractivity contribution in [2.45, 2.75) is 100 Å². The summed E-state index contributed by atoms with van der Waals surface area (Å²) in [5.41, 5.74) is 8.25. The standard InChI is InChI=1S/C21H25N2O2.C19H23N2O.C17H16NO2.2C2H6.3Y/c1-5-23(14(2)24)13-15-6-7-16-9-18-11-21(3,20(25)22-4)12-19(18)10-17(16)8-15;1-4-21-12-13-5-6-14-8-16-10-19(2,18(22)20-3)11-17(16)9-15(14)7-13;1-17(16(20)18-2)8-14-6-12-4-3-11(10-19)5-13(12)7-15(14)9-17;2*1-2;;;/h6-10H,3,5,11-13H2,1-2,4H3,(H,22,25);5-9,21H,2,4,10-12H2,1,3H3,(H,20,22);3-7,10H,1,8-9H2,2H3,(H,18,20);2*1-2H3;;;/q3*-1;;;;;/p-3. The van der Waals surface area contributed by atoms with Gasteiger partial charge >= 0.3 is 0 Å². The van der Waals surface area contributed by atoms with Gasteiger partial charge in [0.25, 0.3) is 0 Å². The summed E-state index contributed by atoms with van der Waals surface area (Å²) in [4.78, 5) is 60.4. The monoisotopic (exact) mass is 1220 g/mol. The molecular weight excluding hydrogens is 1150 g/mol. The van der Waals surface area contributed by atoms with Crippen LogP contribution < -0.4 is 5.32 Å². The summed E-state index contributed by atoms with van der Waals surface area (Å²) in [7, 11) is 4.61. The van der Waals surface area contributed by atoms with Crippen LogP contribution in [0, 0.1) is 37.0 Å². The molecule has 74 heavy (non-hydrogen) atoms. The van der Waals surface area contributed by atoms with Gasteiger partial charge in [-0.1, -0.05) is 107 Å². The Kier molecular flexibility index (Phi) is 27.3. The molecule has 0 saturated heterocycles. The molecule has 0 heterocycles. The second kappa shape index (κ2) is 30.2. The van der Waals surface area contributed by atoms with Gasteiger partial charge in [0.05, 0.1) is 0 Å². The minimum Gasteiger partial charge on any atom is -0.658 e. The fraction of sp³-hybridized carbons (Fsp3) is 0.377. The van der Waals surface area contributed by atoms with Crippen LogP contribution in [0.5, 0.6) is 0 Å². The van der Waals surface area contributed by atoms with Crippen molar-refractivity contribution in [3.63, 3.8) is 0 Å². The molecule has 3 aliphatic carbocycles. The van der Waals surface area contributed by atoms with Gasteiger partial charge < -0.3 is 61.3 Å². The zero-order chi connectivity index (χ0) is 52.3. The summed E-state index contributed by atoms with van der Waals surface area (Å²) in [6.07, 6.45) is 4.73. The molecule has 6 aromatic rings. The maximum absolute atomic E-state index is 12.1. The first-order chi connectivity index (χ1) is 34.0. The molecule has 0 bridgehead atoms. The van der Waals surface area contributed by atoms with E-state index in [0.717, 1.165) is 57.6 Å². The number of fused-ring (bicyclic) bond motifs is 6. The van der Waals surface area contributed by atoms with E-state index in [1.54, 1.807) is 20.0 Å². The van der Waals surface area contributed by atoms with E-state index in [1.807, 2.05) is 51.7 Å². The SMILES string of the molecule is CC.CC.[CH2-]C1(C(=O)[N-]C)Cc2cc3ccc(C=O)cc3cc2C1.[CH2-]C1(C(=O)[N-]C)Cc2cc3ccc(CN(CC)C(C)=O)cc3cc2C1.[CH2-]C1(C(=O)[N-]C)Cc2cc3ccc(CNCC)cc3cc2C1.[Y].[Y].[Y].